The molecule has 3 fully saturated rings. The summed E-state index contributed by atoms with van der Waals surface area (Å²) in [7, 11) is 3.93. The van der Waals surface area contributed by atoms with Gasteiger partial charge in [-0.05, 0) is 93.6 Å². The molecule has 1 amide bonds. The molecule has 1 aromatic carbocycles. The second kappa shape index (κ2) is 10.8. The van der Waals surface area contributed by atoms with Crippen LogP contribution in [0.3, 0.4) is 0 Å². The number of hydrogen-bond donors (Lipinski definition) is 1. The van der Waals surface area contributed by atoms with Crippen LogP contribution < -0.4 is 10.1 Å². The van der Waals surface area contributed by atoms with Gasteiger partial charge in [-0.15, -0.1) is 0 Å². The van der Waals surface area contributed by atoms with Crippen molar-refractivity contribution in [2.45, 2.75) is 38.1 Å². The Morgan fingerprint density at radius 1 is 1.07 bits per heavy atom. The number of carbonyl (C=O) groups excluding carboxylic acids is 1. The van der Waals surface area contributed by atoms with Gasteiger partial charge >= 0.3 is 0 Å². The molecule has 6 heterocycles. The van der Waals surface area contributed by atoms with E-state index in [2.05, 4.69) is 49.1 Å². The number of pyridine rings is 1. The number of rotatable bonds is 8. The molecule has 4 aromatic heterocycles. The van der Waals surface area contributed by atoms with Gasteiger partial charge < -0.3 is 19.9 Å². The van der Waals surface area contributed by atoms with Crippen molar-refractivity contribution in [1.29, 1.82) is 0 Å². The largest absolute Gasteiger partial charge is 0.457 e. The smallest absolute Gasteiger partial charge is 0.250 e. The van der Waals surface area contributed by atoms with Crippen molar-refractivity contribution in [2.24, 2.45) is 5.92 Å². The number of nitrogens with one attached hydrogen (secondary N) is 1. The van der Waals surface area contributed by atoms with Crippen molar-refractivity contribution in [2.75, 3.05) is 32.5 Å². The molecule has 1 aliphatic carbocycles. The molecule has 220 valence electrons. The SMILES string of the molecule is C=C(CN(C)C)C(=O)N1CC2CCC1CC2c1ccn2ncnc(Nc3ccc(Oc4ccn5ncnc5c4)c(C)c3)c12. The van der Waals surface area contributed by atoms with E-state index in [1.165, 1.54) is 11.9 Å². The topological polar surface area (TPSA) is 105 Å². The number of aryl methyl sites for hydroxylation is 1. The molecule has 3 unspecified atom stereocenters. The molecule has 11 nitrogen and oxygen atoms in total. The molecule has 2 bridgehead atoms. The minimum absolute atomic E-state index is 0.0937. The average molecular weight is 578 g/mol. The highest BCUT2D eigenvalue weighted by Gasteiger charge is 2.44. The summed E-state index contributed by atoms with van der Waals surface area (Å²) >= 11 is 0. The van der Waals surface area contributed by atoms with Gasteiger partial charge in [0.15, 0.2) is 11.5 Å². The predicted molar refractivity (Wildman–Crippen MR) is 164 cm³/mol. The molecular weight excluding hydrogens is 542 g/mol. The van der Waals surface area contributed by atoms with Gasteiger partial charge in [-0.1, -0.05) is 6.58 Å². The molecule has 1 saturated carbocycles. The van der Waals surface area contributed by atoms with Crippen molar-refractivity contribution >= 4 is 28.6 Å². The van der Waals surface area contributed by atoms with E-state index in [4.69, 9.17) is 4.74 Å². The van der Waals surface area contributed by atoms with Crippen LogP contribution in [-0.2, 0) is 4.79 Å². The van der Waals surface area contributed by atoms with E-state index >= 15 is 0 Å². The zero-order valence-electron chi connectivity index (χ0n) is 24.6. The van der Waals surface area contributed by atoms with E-state index in [1.807, 2.05) is 67.1 Å². The summed E-state index contributed by atoms with van der Waals surface area (Å²) in [5, 5.41) is 12.2. The first kappa shape index (κ1) is 27.1. The van der Waals surface area contributed by atoms with Crippen LogP contribution in [0.25, 0.3) is 11.2 Å². The molecule has 43 heavy (non-hydrogen) atoms. The van der Waals surface area contributed by atoms with Gasteiger partial charge in [0.25, 0.3) is 5.91 Å². The Morgan fingerprint density at radius 2 is 1.88 bits per heavy atom. The molecular formula is C32H35N9O2. The zero-order valence-corrected chi connectivity index (χ0v) is 24.6. The lowest BCUT2D eigenvalue weighted by atomic mass is 9.69. The van der Waals surface area contributed by atoms with E-state index in [1.54, 1.807) is 10.8 Å². The molecule has 5 aromatic rings. The third kappa shape index (κ3) is 5.10. The maximum atomic E-state index is 13.2. The molecule has 3 aliphatic rings. The van der Waals surface area contributed by atoms with Crippen molar-refractivity contribution in [3.8, 4) is 11.5 Å². The van der Waals surface area contributed by atoms with Gasteiger partial charge in [-0.3, -0.25) is 4.79 Å². The van der Waals surface area contributed by atoms with Crippen LogP contribution in [0.2, 0.25) is 0 Å². The number of likely N-dealkylation sites (N-methyl/N-ethyl adjacent to an activating group) is 1. The number of amides is 1. The van der Waals surface area contributed by atoms with E-state index in [0.29, 0.717) is 29.7 Å². The molecule has 0 spiro atoms. The van der Waals surface area contributed by atoms with Crippen LogP contribution >= 0.6 is 0 Å². The molecule has 8 rings (SSSR count). The lowest BCUT2D eigenvalue weighted by Gasteiger charge is -2.50. The van der Waals surface area contributed by atoms with Crippen molar-refractivity contribution in [3.63, 3.8) is 0 Å². The van der Waals surface area contributed by atoms with E-state index in [0.717, 1.165) is 59.8 Å². The minimum Gasteiger partial charge on any atom is -0.457 e. The Balaban J connectivity index is 1.11. The van der Waals surface area contributed by atoms with E-state index in [-0.39, 0.29) is 11.9 Å². The van der Waals surface area contributed by atoms with Crippen LogP contribution in [0.5, 0.6) is 11.5 Å². The normalized spacial score (nSPS) is 19.8. The number of nitrogens with zero attached hydrogens (tertiary/aromatic N) is 8. The molecule has 11 heteroatoms. The fraction of sp³-hybridized carbons (Fsp3) is 0.344. The van der Waals surface area contributed by atoms with Crippen molar-refractivity contribution < 1.29 is 9.53 Å². The van der Waals surface area contributed by atoms with Gasteiger partial charge in [-0.25, -0.2) is 19.0 Å². The van der Waals surface area contributed by atoms with Crippen LogP contribution in [0.4, 0.5) is 11.5 Å². The fourth-order valence-electron chi connectivity index (χ4n) is 6.73. The lowest BCUT2D eigenvalue weighted by Crippen LogP contribution is -2.54. The van der Waals surface area contributed by atoms with E-state index in [9.17, 15) is 4.79 Å². The van der Waals surface area contributed by atoms with Crippen LogP contribution in [0, 0.1) is 12.8 Å². The molecule has 3 atom stereocenters. The second-order valence-corrected chi connectivity index (χ2v) is 11.9. The Bertz CT molecular complexity index is 1840. The molecule has 2 aliphatic heterocycles. The summed E-state index contributed by atoms with van der Waals surface area (Å²) < 4.78 is 9.76. The summed E-state index contributed by atoms with van der Waals surface area (Å²) in [6, 6.07) is 12.1. The summed E-state index contributed by atoms with van der Waals surface area (Å²) in [5.41, 5.74) is 5.49. The van der Waals surface area contributed by atoms with Gasteiger partial charge in [0.2, 0.25) is 0 Å². The van der Waals surface area contributed by atoms with Crippen molar-refractivity contribution in [1.82, 2.24) is 39.0 Å². The number of carbonyl (C=O) groups is 1. The van der Waals surface area contributed by atoms with Crippen LogP contribution in [-0.4, -0.2) is 78.1 Å². The van der Waals surface area contributed by atoms with Gasteiger partial charge in [-0.2, -0.15) is 10.2 Å². The number of hydrogen-bond acceptors (Lipinski definition) is 8. The Hall–Kier alpha value is -4.77. The number of benzene rings is 1. The Kier molecular flexibility index (Phi) is 6.81. The number of piperidine rings is 2. The third-order valence-corrected chi connectivity index (χ3v) is 8.71. The minimum atomic E-state index is 0.0937. The molecule has 2 saturated heterocycles. The maximum absolute atomic E-state index is 13.2. The fourth-order valence-corrected chi connectivity index (χ4v) is 6.73. The number of ether oxygens (including phenoxy) is 1. The summed E-state index contributed by atoms with van der Waals surface area (Å²) in [6.45, 7) is 7.45. The first-order valence-corrected chi connectivity index (χ1v) is 14.6. The molecule has 1 N–H and O–H groups in total. The van der Waals surface area contributed by atoms with Gasteiger partial charge in [0.05, 0.1) is 0 Å². The quantitative estimate of drug-likeness (QED) is 0.262. The first-order chi connectivity index (χ1) is 20.8. The summed E-state index contributed by atoms with van der Waals surface area (Å²) in [4.78, 5) is 26.2. The second-order valence-electron chi connectivity index (χ2n) is 11.9. The third-order valence-electron chi connectivity index (χ3n) is 8.71. The maximum Gasteiger partial charge on any atom is 0.250 e. The number of fused-ring (bicyclic) bond motifs is 5. The van der Waals surface area contributed by atoms with Crippen molar-refractivity contribution in [3.05, 3.63) is 84.7 Å². The lowest BCUT2D eigenvalue weighted by molar-refractivity contribution is -0.135. The zero-order chi connectivity index (χ0) is 29.7. The predicted octanol–water partition coefficient (Wildman–Crippen LogP) is 4.83. The standard InChI is InChI=1S/C32H35N9O2/c1-20-13-23(6-8-28(20)43-25-9-11-40-29(15-25)33-18-35-40)37-31-30-26(10-12-41(30)36-19-34-31)27-14-24-7-5-22(27)17-39(24)32(42)21(2)16-38(3)4/h6,8-13,15,18-19,22,24,27H,2,5,7,14,16-17H2,1,3-4H3,(H,34,36,37). The van der Waals surface area contributed by atoms with E-state index < -0.39 is 0 Å². The number of anilines is 2. The highest BCUT2D eigenvalue weighted by Crippen LogP contribution is 2.47. The Labute approximate surface area is 249 Å². The highest BCUT2D eigenvalue weighted by atomic mass is 16.5. The number of aromatic nitrogens is 6. The summed E-state index contributed by atoms with van der Waals surface area (Å²) in [6.07, 6.45) is 10.0. The summed E-state index contributed by atoms with van der Waals surface area (Å²) in [5.74, 6) is 3.03. The van der Waals surface area contributed by atoms with Crippen LogP contribution in [0.15, 0.2) is 73.6 Å². The monoisotopic (exact) mass is 577 g/mol. The Morgan fingerprint density at radius 3 is 2.67 bits per heavy atom. The average Bonchev–Trinajstić information content (AvgIpc) is 3.65. The van der Waals surface area contributed by atoms with Crippen LogP contribution in [0.1, 0.15) is 36.3 Å². The molecule has 0 radical (unpaired) electrons. The first-order valence-electron chi connectivity index (χ1n) is 14.6. The highest BCUT2D eigenvalue weighted by molar-refractivity contribution is 5.93. The van der Waals surface area contributed by atoms with Gasteiger partial charge in [0.1, 0.15) is 29.7 Å². The van der Waals surface area contributed by atoms with Gasteiger partial charge in [0, 0.05) is 48.9 Å².